The second kappa shape index (κ2) is 3.82. The van der Waals surface area contributed by atoms with E-state index in [2.05, 4.69) is 7.05 Å². The molecular weight excluding hydrogens is 170 g/mol. The Bertz CT molecular complexity index is 329. The van der Waals surface area contributed by atoms with Gasteiger partial charge >= 0.3 is 11.9 Å². The topological polar surface area (TPSA) is 71.0 Å². The van der Waals surface area contributed by atoms with Gasteiger partial charge in [-0.2, -0.15) is 0 Å². The predicted molar refractivity (Wildman–Crippen MR) is 45.0 cm³/mol. The molecule has 1 rings (SSSR count). The van der Waals surface area contributed by atoms with Gasteiger partial charge in [0.1, 0.15) is 0 Å². The Labute approximate surface area is 75.2 Å². The Balaban J connectivity index is 2.93. The van der Waals surface area contributed by atoms with E-state index in [0.717, 1.165) is 0 Å². The third-order valence-electron chi connectivity index (χ3n) is 1.60. The molecular formula is C9H9NO3. The lowest BCUT2D eigenvalue weighted by molar-refractivity contribution is -0.489. The van der Waals surface area contributed by atoms with E-state index >= 15 is 0 Å². The van der Waals surface area contributed by atoms with Crippen molar-refractivity contribution in [3.8, 4) is 0 Å². The van der Waals surface area contributed by atoms with Crippen LogP contribution in [0.1, 0.15) is 20.7 Å². The molecule has 13 heavy (non-hydrogen) atoms. The first-order valence-corrected chi connectivity index (χ1v) is 3.65. The first kappa shape index (κ1) is 9.41. The molecule has 0 saturated carbocycles. The molecule has 1 amide bonds. The number of benzene rings is 1. The number of rotatable bonds is 2. The number of amides is 1. The Kier molecular flexibility index (Phi) is 2.76. The van der Waals surface area contributed by atoms with Crippen molar-refractivity contribution >= 4 is 11.9 Å². The number of aromatic carboxylic acids is 1. The van der Waals surface area contributed by atoms with Crippen molar-refractivity contribution in [2.45, 2.75) is 0 Å². The predicted octanol–water partition coefficient (Wildman–Crippen LogP) is -0.120. The second-order valence-corrected chi connectivity index (χ2v) is 2.45. The molecule has 4 nitrogen and oxygen atoms in total. The summed E-state index contributed by atoms with van der Waals surface area (Å²) in [6, 6.07) is 5.71. The summed E-state index contributed by atoms with van der Waals surface area (Å²) in [6.07, 6.45) is 0. The number of hydrogen-bond donors (Lipinski definition) is 2. The van der Waals surface area contributed by atoms with Gasteiger partial charge in [0.25, 0.3) is 0 Å². The van der Waals surface area contributed by atoms with Crippen molar-refractivity contribution in [3.05, 3.63) is 42.4 Å². The van der Waals surface area contributed by atoms with Gasteiger partial charge in [0, 0.05) is 0 Å². The van der Waals surface area contributed by atoms with Crippen LogP contribution in [0.4, 0.5) is 0 Å². The minimum atomic E-state index is -1.00. The van der Waals surface area contributed by atoms with Gasteiger partial charge in [-0.05, 0) is 24.3 Å². The summed E-state index contributed by atoms with van der Waals surface area (Å²) < 4.78 is 0. The lowest BCUT2D eigenvalue weighted by atomic mass is 10.1. The smallest absolute Gasteiger partial charge is 0.335 e. The van der Waals surface area contributed by atoms with Crippen LogP contribution >= 0.6 is 0 Å². The molecule has 0 aliphatic carbocycles. The monoisotopic (exact) mass is 179 g/mol. The number of carbonyl (C=O) groups excluding carboxylic acids is 1. The number of nitrogens with two attached hydrogens (primary N) is 1. The minimum absolute atomic E-state index is 0.167. The molecule has 3 N–H and O–H groups in total. The Morgan fingerprint density at radius 1 is 1.15 bits per heavy atom. The quantitative estimate of drug-likeness (QED) is 0.622. The molecule has 0 heterocycles. The molecule has 1 aromatic rings. The largest absolute Gasteiger partial charge is 0.478 e. The van der Waals surface area contributed by atoms with Crippen molar-refractivity contribution in [2.75, 3.05) is 0 Å². The Morgan fingerprint density at radius 3 is 2.00 bits per heavy atom. The van der Waals surface area contributed by atoms with Crippen molar-refractivity contribution < 1.29 is 20.0 Å². The fourth-order valence-electron chi connectivity index (χ4n) is 0.895. The summed E-state index contributed by atoms with van der Waals surface area (Å²) in [5.74, 6) is -1.21. The van der Waals surface area contributed by atoms with E-state index in [9.17, 15) is 9.59 Å². The van der Waals surface area contributed by atoms with Crippen molar-refractivity contribution in [3.63, 3.8) is 0 Å². The van der Waals surface area contributed by atoms with Crippen LogP contribution in [0.2, 0.25) is 0 Å². The maximum Gasteiger partial charge on any atom is 0.335 e. The van der Waals surface area contributed by atoms with E-state index in [0.29, 0.717) is 5.56 Å². The van der Waals surface area contributed by atoms with Gasteiger partial charge in [0.15, 0.2) is 0 Å². The third kappa shape index (κ3) is 2.13. The highest BCUT2D eigenvalue weighted by Crippen LogP contribution is 2.02. The highest BCUT2D eigenvalue weighted by molar-refractivity contribution is 5.91. The molecule has 0 bridgehead atoms. The van der Waals surface area contributed by atoms with E-state index in [1.807, 2.05) is 0 Å². The zero-order chi connectivity index (χ0) is 9.84. The number of carboxylic acid groups (broad SMARTS) is 1. The van der Waals surface area contributed by atoms with Gasteiger partial charge in [0.2, 0.25) is 0 Å². The first-order chi connectivity index (χ1) is 6.15. The first-order valence-electron chi connectivity index (χ1n) is 3.65. The summed E-state index contributed by atoms with van der Waals surface area (Å²) in [5, 5.41) is 9.76. The standard InChI is InChI=1S/C9H9NO3/c1-10-8(11)6-2-4-7(5-3-6)9(12)13/h2-5H,1,10H2,(H,12,13). The summed E-state index contributed by atoms with van der Waals surface area (Å²) in [7, 11) is 3.33. The highest BCUT2D eigenvalue weighted by Gasteiger charge is 2.06. The zero-order valence-electron chi connectivity index (χ0n) is 6.86. The minimum Gasteiger partial charge on any atom is -0.478 e. The summed E-state index contributed by atoms with van der Waals surface area (Å²) in [6.45, 7) is 0. The van der Waals surface area contributed by atoms with Gasteiger partial charge in [-0.15, -0.1) is 7.05 Å². The third-order valence-corrected chi connectivity index (χ3v) is 1.60. The van der Waals surface area contributed by atoms with Gasteiger partial charge < -0.3 is 10.4 Å². The van der Waals surface area contributed by atoms with Gasteiger partial charge in [0.05, 0.1) is 11.1 Å². The number of carboxylic acids is 1. The highest BCUT2D eigenvalue weighted by atomic mass is 16.4. The number of carbonyl (C=O) groups is 2. The van der Waals surface area contributed by atoms with Gasteiger partial charge in [-0.1, -0.05) is 0 Å². The van der Waals surface area contributed by atoms with E-state index < -0.39 is 5.97 Å². The normalized spacial score (nSPS) is 9.62. The Hall–Kier alpha value is -1.68. The molecule has 1 aromatic carbocycles. The van der Waals surface area contributed by atoms with Crippen LogP contribution in [0.15, 0.2) is 24.3 Å². The summed E-state index contributed by atoms with van der Waals surface area (Å²) in [4.78, 5) is 21.5. The lowest BCUT2D eigenvalue weighted by Crippen LogP contribution is -2.81. The van der Waals surface area contributed by atoms with E-state index in [-0.39, 0.29) is 11.5 Å². The maximum absolute atomic E-state index is 11.0. The fraction of sp³-hybridized carbons (Fsp3) is 0. The number of primary amides is 1. The fourth-order valence-corrected chi connectivity index (χ4v) is 0.895. The SMILES string of the molecule is [CH2-][NH2+]C(=O)c1ccc(C(=O)O)cc1. The summed E-state index contributed by atoms with van der Waals surface area (Å²) >= 11 is 0. The Morgan fingerprint density at radius 2 is 1.62 bits per heavy atom. The average molecular weight is 179 g/mol. The van der Waals surface area contributed by atoms with Crippen LogP contribution in [-0.4, -0.2) is 17.0 Å². The summed E-state index contributed by atoms with van der Waals surface area (Å²) in [5.41, 5.74) is 0.612. The van der Waals surface area contributed by atoms with Gasteiger partial charge in [-0.25, -0.2) is 9.59 Å². The second-order valence-electron chi connectivity index (χ2n) is 2.45. The van der Waals surface area contributed by atoms with Crippen LogP contribution < -0.4 is 5.32 Å². The van der Waals surface area contributed by atoms with Crippen molar-refractivity contribution in [1.82, 2.24) is 0 Å². The van der Waals surface area contributed by atoms with E-state index in [4.69, 9.17) is 5.11 Å². The number of quaternary nitrogens is 1. The van der Waals surface area contributed by atoms with Crippen molar-refractivity contribution in [1.29, 1.82) is 0 Å². The zero-order valence-corrected chi connectivity index (χ0v) is 6.86. The van der Waals surface area contributed by atoms with E-state index in [1.54, 1.807) is 0 Å². The van der Waals surface area contributed by atoms with Crippen LogP contribution in [0, 0.1) is 7.05 Å². The molecule has 0 saturated heterocycles. The van der Waals surface area contributed by atoms with Crippen LogP contribution in [-0.2, 0) is 0 Å². The van der Waals surface area contributed by atoms with Gasteiger partial charge in [-0.3, -0.25) is 0 Å². The molecule has 0 unspecified atom stereocenters. The number of hydrogen-bond acceptors (Lipinski definition) is 2. The maximum atomic E-state index is 11.0. The molecule has 0 radical (unpaired) electrons. The average Bonchev–Trinajstić information content (AvgIpc) is 2.17. The molecule has 0 spiro atoms. The van der Waals surface area contributed by atoms with Crippen LogP contribution in [0.5, 0.6) is 0 Å². The molecule has 0 aromatic heterocycles. The van der Waals surface area contributed by atoms with Crippen molar-refractivity contribution in [2.24, 2.45) is 0 Å². The molecule has 0 fully saturated rings. The molecule has 0 aliphatic rings. The van der Waals surface area contributed by atoms with E-state index in [1.165, 1.54) is 29.6 Å². The van der Waals surface area contributed by atoms with Crippen LogP contribution in [0.25, 0.3) is 0 Å². The lowest BCUT2D eigenvalue weighted by Gasteiger charge is -1.98. The molecule has 0 atom stereocenters. The molecule has 0 aliphatic heterocycles. The molecule has 4 heteroatoms. The molecule has 68 valence electrons. The van der Waals surface area contributed by atoms with Crippen LogP contribution in [0.3, 0.4) is 0 Å².